The number of carbonyl (C=O) groups is 1. The van der Waals surface area contributed by atoms with E-state index in [0.29, 0.717) is 11.9 Å². The Kier molecular flexibility index (Phi) is 4.31. The molecule has 18 heavy (non-hydrogen) atoms. The van der Waals surface area contributed by atoms with Gasteiger partial charge in [0.05, 0.1) is 0 Å². The average molecular weight is 252 g/mol. The fraction of sp³-hybridized carbons (Fsp3) is 0.933. The van der Waals surface area contributed by atoms with Crippen LogP contribution in [0.1, 0.15) is 58.8 Å². The van der Waals surface area contributed by atoms with Crippen LogP contribution < -0.4 is 5.32 Å². The molecule has 1 N–H and O–H groups in total. The van der Waals surface area contributed by atoms with Crippen molar-refractivity contribution >= 4 is 5.91 Å². The van der Waals surface area contributed by atoms with Gasteiger partial charge in [0.15, 0.2) is 0 Å². The third-order valence-electron chi connectivity index (χ3n) is 4.76. The number of nitrogens with one attached hydrogen (secondary N) is 1. The predicted octanol–water partition coefficient (Wildman–Crippen LogP) is 2.56. The summed E-state index contributed by atoms with van der Waals surface area (Å²) in [5.41, 5.74) is 0.209. The molecule has 0 bridgehead atoms. The molecule has 1 aliphatic heterocycles. The first-order valence-corrected chi connectivity index (χ1v) is 7.58. The highest BCUT2D eigenvalue weighted by Gasteiger charge is 2.47. The molecule has 0 aromatic rings. The van der Waals surface area contributed by atoms with Gasteiger partial charge in [-0.25, -0.2) is 0 Å². The lowest BCUT2D eigenvalue weighted by Crippen LogP contribution is -2.60. The number of nitrogens with zero attached hydrogens (tertiary/aromatic N) is 1. The van der Waals surface area contributed by atoms with Crippen LogP contribution in [0.5, 0.6) is 0 Å². The minimum absolute atomic E-state index is 0.125. The summed E-state index contributed by atoms with van der Waals surface area (Å²) in [5.74, 6) is 0.497. The third kappa shape index (κ3) is 2.42. The summed E-state index contributed by atoms with van der Waals surface area (Å²) >= 11 is 0. The largest absolute Gasteiger partial charge is 0.333 e. The van der Waals surface area contributed by atoms with E-state index in [2.05, 4.69) is 10.2 Å². The first-order valence-electron chi connectivity index (χ1n) is 7.58. The lowest BCUT2D eigenvalue weighted by Gasteiger charge is -2.51. The van der Waals surface area contributed by atoms with E-state index in [1.54, 1.807) is 0 Å². The number of likely N-dealkylation sites (N-methyl/N-ethyl adjacent to an activating group) is 1. The summed E-state index contributed by atoms with van der Waals surface area (Å²) in [5, 5.41) is 3.27. The van der Waals surface area contributed by atoms with Crippen LogP contribution in [-0.4, -0.2) is 36.0 Å². The Balaban J connectivity index is 2.24. The minimum Gasteiger partial charge on any atom is -0.333 e. The average Bonchev–Trinajstić information content (AvgIpc) is 2.78. The van der Waals surface area contributed by atoms with Crippen LogP contribution in [0.25, 0.3) is 0 Å². The van der Waals surface area contributed by atoms with Crippen molar-refractivity contribution in [2.75, 3.05) is 13.6 Å². The molecule has 3 nitrogen and oxygen atoms in total. The van der Waals surface area contributed by atoms with E-state index in [1.165, 1.54) is 44.9 Å². The van der Waals surface area contributed by atoms with Crippen molar-refractivity contribution in [2.24, 2.45) is 5.92 Å². The Morgan fingerprint density at radius 2 is 1.89 bits per heavy atom. The summed E-state index contributed by atoms with van der Waals surface area (Å²) in [7, 11) is 1.99. The quantitative estimate of drug-likeness (QED) is 0.837. The number of likely N-dealkylation sites (tertiary alicyclic amines) is 1. The minimum atomic E-state index is 0.125. The molecule has 1 atom stereocenters. The number of piperidine rings is 1. The molecule has 2 fully saturated rings. The second-order valence-corrected chi connectivity index (χ2v) is 6.40. The Labute approximate surface area is 111 Å². The highest BCUT2D eigenvalue weighted by atomic mass is 16.2. The maximum absolute atomic E-state index is 12.6. The molecule has 1 aliphatic carbocycles. The molecule has 0 aromatic heterocycles. The van der Waals surface area contributed by atoms with Crippen LogP contribution >= 0.6 is 0 Å². The monoisotopic (exact) mass is 252 g/mol. The molecule has 0 aromatic carbocycles. The standard InChI is InChI=1S/C15H28N2O/c1-12(2)14(18)17-13(11-16-3)7-6-10-15(17)8-4-5-9-15/h12-13,16H,4-11H2,1-3H3. The van der Waals surface area contributed by atoms with Gasteiger partial charge >= 0.3 is 0 Å². The van der Waals surface area contributed by atoms with Crippen LogP contribution in [0.3, 0.4) is 0 Å². The van der Waals surface area contributed by atoms with Crippen LogP contribution in [-0.2, 0) is 4.79 Å². The molecule has 3 heteroatoms. The highest BCUT2D eigenvalue weighted by Crippen LogP contribution is 2.44. The Morgan fingerprint density at radius 1 is 1.28 bits per heavy atom. The van der Waals surface area contributed by atoms with Crippen molar-refractivity contribution in [1.29, 1.82) is 0 Å². The lowest BCUT2D eigenvalue weighted by atomic mass is 9.81. The number of hydrogen-bond donors (Lipinski definition) is 1. The smallest absolute Gasteiger partial charge is 0.225 e. The van der Waals surface area contributed by atoms with Gasteiger partial charge in [-0.3, -0.25) is 4.79 Å². The molecule has 1 amide bonds. The molecule has 104 valence electrons. The highest BCUT2D eigenvalue weighted by molar-refractivity contribution is 5.79. The first kappa shape index (κ1) is 13.9. The zero-order chi connectivity index (χ0) is 13.2. The second-order valence-electron chi connectivity index (χ2n) is 6.40. The van der Waals surface area contributed by atoms with E-state index in [1.807, 2.05) is 20.9 Å². The van der Waals surface area contributed by atoms with Gasteiger partial charge in [-0.1, -0.05) is 26.7 Å². The topological polar surface area (TPSA) is 32.3 Å². The molecule has 1 heterocycles. The van der Waals surface area contributed by atoms with Crippen LogP contribution in [0.15, 0.2) is 0 Å². The van der Waals surface area contributed by atoms with Crippen LogP contribution in [0.2, 0.25) is 0 Å². The van der Waals surface area contributed by atoms with Crippen molar-refractivity contribution in [1.82, 2.24) is 10.2 Å². The van der Waals surface area contributed by atoms with Gasteiger partial charge in [0.1, 0.15) is 0 Å². The van der Waals surface area contributed by atoms with Crippen molar-refractivity contribution in [3.63, 3.8) is 0 Å². The molecule has 2 aliphatic rings. The van der Waals surface area contributed by atoms with E-state index in [4.69, 9.17) is 0 Å². The summed E-state index contributed by atoms with van der Waals surface area (Å²) < 4.78 is 0. The van der Waals surface area contributed by atoms with Gasteiger partial charge in [0, 0.05) is 24.0 Å². The molecule has 1 unspecified atom stereocenters. The molecular weight excluding hydrogens is 224 g/mol. The second kappa shape index (κ2) is 5.60. The number of hydrogen-bond acceptors (Lipinski definition) is 2. The van der Waals surface area contributed by atoms with Gasteiger partial charge in [-0.2, -0.15) is 0 Å². The van der Waals surface area contributed by atoms with Gasteiger partial charge in [-0.15, -0.1) is 0 Å². The van der Waals surface area contributed by atoms with Gasteiger partial charge < -0.3 is 10.2 Å². The predicted molar refractivity (Wildman–Crippen MR) is 74.4 cm³/mol. The number of rotatable bonds is 3. The number of carbonyl (C=O) groups excluding carboxylic acids is 1. The maximum Gasteiger partial charge on any atom is 0.225 e. The zero-order valence-corrected chi connectivity index (χ0v) is 12.2. The molecular formula is C15H28N2O. The fourth-order valence-electron chi connectivity index (χ4n) is 3.95. The molecule has 1 spiro atoms. The van der Waals surface area contributed by atoms with Crippen LogP contribution in [0, 0.1) is 5.92 Å². The zero-order valence-electron chi connectivity index (χ0n) is 12.2. The van der Waals surface area contributed by atoms with E-state index in [9.17, 15) is 4.79 Å². The number of amides is 1. The Bertz CT molecular complexity index is 293. The van der Waals surface area contributed by atoms with Gasteiger partial charge in [-0.05, 0) is 39.2 Å². The Morgan fingerprint density at radius 3 is 2.44 bits per heavy atom. The summed E-state index contributed by atoms with van der Waals surface area (Å²) in [6, 6.07) is 0.414. The Hall–Kier alpha value is -0.570. The van der Waals surface area contributed by atoms with Crippen molar-refractivity contribution in [3.8, 4) is 0 Å². The first-order chi connectivity index (χ1) is 8.60. The summed E-state index contributed by atoms with van der Waals surface area (Å²) in [4.78, 5) is 14.9. The van der Waals surface area contributed by atoms with E-state index >= 15 is 0 Å². The maximum atomic E-state index is 12.6. The summed E-state index contributed by atoms with van der Waals surface area (Å²) in [6.45, 7) is 5.02. The van der Waals surface area contributed by atoms with Crippen molar-refractivity contribution < 1.29 is 4.79 Å². The van der Waals surface area contributed by atoms with E-state index in [0.717, 1.165) is 6.54 Å². The molecule has 1 saturated heterocycles. The van der Waals surface area contributed by atoms with Gasteiger partial charge in [0.2, 0.25) is 5.91 Å². The van der Waals surface area contributed by atoms with E-state index in [-0.39, 0.29) is 11.5 Å². The van der Waals surface area contributed by atoms with Gasteiger partial charge in [0.25, 0.3) is 0 Å². The molecule has 1 saturated carbocycles. The molecule has 0 radical (unpaired) electrons. The lowest BCUT2D eigenvalue weighted by molar-refractivity contribution is -0.148. The fourth-order valence-corrected chi connectivity index (χ4v) is 3.95. The van der Waals surface area contributed by atoms with E-state index < -0.39 is 0 Å². The SMILES string of the molecule is CNCC1CCCC2(CCCC2)N1C(=O)C(C)C. The normalized spacial score (nSPS) is 27.1. The third-order valence-corrected chi connectivity index (χ3v) is 4.76. The summed E-state index contributed by atoms with van der Waals surface area (Å²) in [6.07, 6.45) is 8.74. The van der Waals surface area contributed by atoms with Crippen molar-refractivity contribution in [2.45, 2.75) is 70.4 Å². The van der Waals surface area contributed by atoms with Crippen molar-refractivity contribution in [3.05, 3.63) is 0 Å². The van der Waals surface area contributed by atoms with Crippen LogP contribution in [0.4, 0.5) is 0 Å². The molecule has 2 rings (SSSR count).